The molecule has 158 valence electrons. The zero-order chi connectivity index (χ0) is 21.5. The second-order valence-electron chi connectivity index (χ2n) is 6.88. The number of hydrogen-bond donors (Lipinski definition) is 1. The van der Waals surface area contributed by atoms with Crippen molar-refractivity contribution in [3.05, 3.63) is 91.9 Å². The van der Waals surface area contributed by atoms with Gasteiger partial charge in [0.15, 0.2) is 11.5 Å². The second-order valence-corrected chi connectivity index (χ2v) is 8.57. The summed E-state index contributed by atoms with van der Waals surface area (Å²) in [7, 11) is 0. The molecule has 0 aliphatic carbocycles. The van der Waals surface area contributed by atoms with Crippen LogP contribution in [0.15, 0.2) is 65.1 Å². The lowest BCUT2D eigenvalue weighted by Gasteiger charge is -2.18. The lowest BCUT2D eigenvalue weighted by Crippen LogP contribution is -2.18. The Kier molecular flexibility index (Phi) is 8.46. The smallest absolute Gasteiger partial charge is 0.175 e. The molecule has 6 heteroatoms. The van der Waals surface area contributed by atoms with E-state index < -0.39 is 0 Å². The molecule has 3 aromatic carbocycles. The van der Waals surface area contributed by atoms with Gasteiger partial charge in [0, 0.05) is 28.2 Å². The standard InChI is InChI=1S/C24H24BrCl2NO2/c1-3-29-23-12-17(14-28-16(2)18-7-5-4-6-8-18)11-21(25)24(23)30-15-19-9-10-20(26)13-22(19)27/h4-13,16,28H,3,14-15H2,1-2H3. The van der Waals surface area contributed by atoms with Crippen LogP contribution in [0.1, 0.15) is 36.6 Å². The van der Waals surface area contributed by atoms with Crippen molar-refractivity contribution in [2.45, 2.75) is 33.0 Å². The molecule has 0 saturated carbocycles. The minimum absolute atomic E-state index is 0.239. The average Bonchev–Trinajstić information content (AvgIpc) is 2.73. The Morgan fingerprint density at radius 2 is 1.77 bits per heavy atom. The van der Waals surface area contributed by atoms with Gasteiger partial charge >= 0.3 is 0 Å². The van der Waals surface area contributed by atoms with Crippen LogP contribution in [0.2, 0.25) is 10.0 Å². The van der Waals surface area contributed by atoms with Gasteiger partial charge in [-0.1, -0.05) is 59.6 Å². The van der Waals surface area contributed by atoms with E-state index in [1.807, 2.05) is 31.2 Å². The molecule has 1 unspecified atom stereocenters. The number of nitrogens with one attached hydrogen (secondary N) is 1. The number of halogens is 3. The van der Waals surface area contributed by atoms with Gasteiger partial charge in [-0.05, 0) is 65.2 Å². The SMILES string of the molecule is CCOc1cc(CNC(C)c2ccccc2)cc(Br)c1OCc1ccc(Cl)cc1Cl. The molecule has 1 atom stereocenters. The van der Waals surface area contributed by atoms with Crippen LogP contribution in [0.25, 0.3) is 0 Å². The van der Waals surface area contributed by atoms with E-state index in [2.05, 4.69) is 52.4 Å². The Balaban J connectivity index is 1.73. The summed E-state index contributed by atoms with van der Waals surface area (Å²) in [5, 5.41) is 4.73. The van der Waals surface area contributed by atoms with E-state index in [0.717, 1.165) is 15.6 Å². The lowest BCUT2D eigenvalue weighted by molar-refractivity contribution is 0.267. The first kappa shape index (κ1) is 23.0. The Morgan fingerprint density at radius 1 is 1.00 bits per heavy atom. The topological polar surface area (TPSA) is 30.5 Å². The first-order chi connectivity index (χ1) is 14.5. The summed E-state index contributed by atoms with van der Waals surface area (Å²) in [5.41, 5.74) is 3.21. The molecule has 0 saturated heterocycles. The molecule has 0 radical (unpaired) electrons. The number of benzene rings is 3. The predicted octanol–water partition coefficient (Wildman–Crippen LogP) is 7.58. The van der Waals surface area contributed by atoms with Gasteiger partial charge in [0.2, 0.25) is 0 Å². The van der Waals surface area contributed by atoms with Crippen molar-refractivity contribution in [1.29, 1.82) is 0 Å². The van der Waals surface area contributed by atoms with E-state index in [0.29, 0.717) is 41.3 Å². The van der Waals surface area contributed by atoms with Gasteiger partial charge in [-0.2, -0.15) is 0 Å². The van der Waals surface area contributed by atoms with Crippen molar-refractivity contribution >= 4 is 39.1 Å². The summed E-state index contributed by atoms with van der Waals surface area (Å²) in [6.07, 6.45) is 0. The molecule has 0 aromatic heterocycles. The Bertz CT molecular complexity index is 982. The average molecular weight is 509 g/mol. The van der Waals surface area contributed by atoms with Gasteiger partial charge in [0.25, 0.3) is 0 Å². The van der Waals surface area contributed by atoms with Gasteiger partial charge in [-0.3, -0.25) is 0 Å². The maximum atomic E-state index is 6.27. The summed E-state index contributed by atoms with van der Waals surface area (Å²) < 4.78 is 12.7. The molecule has 0 spiro atoms. The largest absolute Gasteiger partial charge is 0.490 e. The summed E-state index contributed by atoms with van der Waals surface area (Å²) in [4.78, 5) is 0. The van der Waals surface area contributed by atoms with Crippen LogP contribution in [0.3, 0.4) is 0 Å². The maximum absolute atomic E-state index is 6.27. The highest BCUT2D eigenvalue weighted by Gasteiger charge is 2.14. The van der Waals surface area contributed by atoms with Crippen LogP contribution in [0, 0.1) is 0 Å². The summed E-state index contributed by atoms with van der Waals surface area (Å²) in [6, 6.07) is 20.0. The molecule has 0 heterocycles. The summed E-state index contributed by atoms with van der Waals surface area (Å²) in [5.74, 6) is 1.35. The molecule has 0 aliphatic rings. The minimum atomic E-state index is 0.239. The normalized spacial score (nSPS) is 11.9. The Labute approximate surface area is 196 Å². The molecule has 0 bridgehead atoms. The highest BCUT2D eigenvalue weighted by atomic mass is 79.9. The van der Waals surface area contributed by atoms with E-state index in [-0.39, 0.29) is 6.04 Å². The van der Waals surface area contributed by atoms with E-state index >= 15 is 0 Å². The third kappa shape index (κ3) is 6.14. The number of ether oxygens (including phenoxy) is 2. The van der Waals surface area contributed by atoms with Crippen LogP contribution >= 0.6 is 39.1 Å². The number of hydrogen-bond acceptors (Lipinski definition) is 3. The Morgan fingerprint density at radius 3 is 2.47 bits per heavy atom. The summed E-state index contributed by atoms with van der Waals surface area (Å²) >= 11 is 15.9. The van der Waals surface area contributed by atoms with Crippen molar-refractivity contribution in [2.24, 2.45) is 0 Å². The fourth-order valence-electron chi connectivity index (χ4n) is 3.05. The zero-order valence-electron chi connectivity index (χ0n) is 16.9. The quantitative estimate of drug-likeness (QED) is 0.323. The van der Waals surface area contributed by atoms with E-state index in [1.165, 1.54) is 5.56 Å². The predicted molar refractivity (Wildman–Crippen MR) is 128 cm³/mol. The van der Waals surface area contributed by atoms with Gasteiger partial charge in [0.1, 0.15) is 6.61 Å². The van der Waals surface area contributed by atoms with Gasteiger partial charge in [-0.25, -0.2) is 0 Å². The molecule has 0 aliphatic heterocycles. The first-order valence-electron chi connectivity index (χ1n) is 9.78. The molecular weight excluding hydrogens is 485 g/mol. The second kappa shape index (κ2) is 11.1. The first-order valence-corrected chi connectivity index (χ1v) is 11.3. The fourth-order valence-corrected chi connectivity index (χ4v) is 4.11. The minimum Gasteiger partial charge on any atom is -0.490 e. The zero-order valence-corrected chi connectivity index (χ0v) is 20.0. The van der Waals surface area contributed by atoms with Crippen molar-refractivity contribution in [3.63, 3.8) is 0 Å². The van der Waals surface area contributed by atoms with E-state index in [4.69, 9.17) is 32.7 Å². The van der Waals surface area contributed by atoms with Crippen LogP contribution in [-0.4, -0.2) is 6.61 Å². The molecule has 0 fully saturated rings. The van der Waals surface area contributed by atoms with Crippen LogP contribution in [-0.2, 0) is 13.2 Å². The van der Waals surface area contributed by atoms with Crippen LogP contribution in [0.5, 0.6) is 11.5 Å². The van der Waals surface area contributed by atoms with E-state index in [1.54, 1.807) is 12.1 Å². The molecule has 3 rings (SSSR count). The highest BCUT2D eigenvalue weighted by Crippen LogP contribution is 2.38. The van der Waals surface area contributed by atoms with Crippen LogP contribution in [0.4, 0.5) is 0 Å². The fraction of sp³-hybridized carbons (Fsp3) is 0.250. The molecule has 1 N–H and O–H groups in total. The van der Waals surface area contributed by atoms with Gasteiger partial charge in [-0.15, -0.1) is 0 Å². The van der Waals surface area contributed by atoms with Crippen LogP contribution < -0.4 is 14.8 Å². The van der Waals surface area contributed by atoms with Crippen molar-refractivity contribution in [3.8, 4) is 11.5 Å². The van der Waals surface area contributed by atoms with Crippen molar-refractivity contribution in [2.75, 3.05) is 6.61 Å². The maximum Gasteiger partial charge on any atom is 0.175 e. The Hall–Kier alpha value is -1.72. The summed E-state index contributed by atoms with van der Waals surface area (Å²) in [6.45, 7) is 5.68. The van der Waals surface area contributed by atoms with Gasteiger partial charge < -0.3 is 14.8 Å². The lowest BCUT2D eigenvalue weighted by atomic mass is 10.1. The molecule has 3 nitrogen and oxygen atoms in total. The van der Waals surface area contributed by atoms with Gasteiger partial charge in [0.05, 0.1) is 11.1 Å². The van der Waals surface area contributed by atoms with E-state index in [9.17, 15) is 0 Å². The monoisotopic (exact) mass is 507 g/mol. The highest BCUT2D eigenvalue weighted by molar-refractivity contribution is 9.10. The molecule has 3 aromatic rings. The van der Waals surface area contributed by atoms with Crippen molar-refractivity contribution < 1.29 is 9.47 Å². The molecule has 0 amide bonds. The third-order valence-electron chi connectivity index (χ3n) is 4.67. The third-order valence-corrected chi connectivity index (χ3v) is 5.84. The van der Waals surface area contributed by atoms with Crippen molar-refractivity contribution in [1.82, 2.24) is 5.32 Å². The number of rotatable bonds is 9. The molecule has 30 heavy (non-hydrogen) atoms. The molecular formula is C24H24BrCl2NO2.